The maximum absolute atomic E-state index is 13.5. The van der Waals surface area contributed by atoms with Crippen molar-refractivity contribution in [2.24, 2.45) is 7.05 Å². The minimum absolute atomic E-state index is 0.0501. The van der Waals surface area contributed by atoms with Crippen molar-refractivity contribution in [1.29, 1.82) is 0 Å². The van der Waals surface area contributed by atoms with Crippen molar-refractivity contribution in [2.75, 3.05) is 52.9 Å². The molecule has 0 aromatic carbocycles. The summed E-state index contributed by atoms with van der Waals surface area (Å²) < 4.78 is 8.03. The summed E-state index contributed by atoms with van der Waals surface area (Å²) in [6.45, 7) is 7.92. The number of aryl methyl sites for hydroxylation is 2. The summed E-state index contributed by atoms with van der Waals surface area (Å²) in [7, 11) is 4.07. The molecule has 0 aliphatic carbocycles. The number of aromatic nitrogens is 4. The molecule has 0 N–H and O–H groups in total. The Morgan fingerprint density at radius 1 is 1.17 bits per heavy atom. The van der Waals surface area contributed by atoms with Crippen molar-refractivity contribution in [2.45, 2.75) is 25.5 Å². The van der Waals surface area contributed by atoms with Crippen LogP contribution in [0.4, 0.5) is 0 Å². The molecule has 162 valence electrons. The van der Waals surface area contributed by atoms with Gasteiger partial charge in [-0.15, -0.1) is 0 Å². The van der Waals surface area contributed by atoms with Crippen LogP contribution in [-0.2, 0) is 11.8 Å². The highest BCUT2D eigenvalue weighted by Crippen LogP contribution is 2.31. The van der Waals surface area contributed by atoms with Gasteiger partial charge in [0, 0.05) is 51.2 Å². The maximum atomic E-state index is 13.5. The van der Waals surface area contributed by atoms with Gasteiger partial charge < -0.3 is 14.5 Å². The fraction of sp³-hybridized carbons (Fsp3) is 0.619. The molecule has 0 spiro atoms. The van der Waals surface area contributed by atoms with Crippen LogP contribution in [0.1, 0.15) is 34.1 Å². The molecule has 2 fully saturated rings. The van der Waals surface area contributed by atoms with Crippen LogP contribution in [0.25, 0.3) is 0 Å². The number of carbonyl (C=O) groups is 1. The average molecular weight is 414 g/mol. The topological polar surface area (TPSA) is 79.6 Å². The van der Waals surface area contributed by atoms with E-state index in [1.54, 1.807) is 10.9 Å². The van der Waals surface area contributed by atoms with Crippen LogP contribution in [0.3, 0.4) is 0 Å². The van der Waals surface area contributed by atoms with Crippen LogP contribution in [0.2, 0.25) is 0 Å². The SMILES string of the molecule is Cc1ncncc1C(=O)N1CCO[C@@H](CN2CCCN(C)CC2)[C@@H]1c1cnn(C)c1. The van der Waals surface area contributed by atoms with Gasteiger partial charge >= 0.3 is 0 Å². The normalized spacial score (nSPS) is 24.0. The summed E-state index contributed by atoms with van der Waals surface area (Å²) in [5, 5.41) is 4.36. The zero-order chi connectivity index (χ0) is 21.1. The van der Waals surface area contributed by atoms with Crippen LogP contribution in [0.15, 0.2) is 24.9 Å². The molecule has 30 heavy (non-hydrogen) atoms. The lowest BCUT2D eigenvalue weighted by Gasteiger charge is -2.42. The summed E-state index contributed by atoms with van der Waals surface area (Å²) in [6, 6.07) is -0.194. The zero-order valence-electron chi connectivity index (χ0n) is 18.1. The predicted molar refractivity (Wildman–Crippen MR) is 112 cm³/mol. The molecule has 2 aliphatic heterocycles. The highest BCUT2D eigenvalue weighted by atomic mass is 16.5. The number of nitrogens with zero attached hydrogens (tertiary/aromatic N) is 7. The molecule has 0 bridgehead atoms. The van der Waals surface area contributed by atoms with Crippen molar-refractivity contribution in [1.82, 2.24) is 34.4 Å². The standard InChI is InChI=1S/C21H31N7O2/c1-16-18(12-22-15-23-16)21(29)28-9-10-30-19(20(28)17-11-24-26(3)13-17)14-27-6-4-5-25(2)7-8-27/h11-13,15,19-20H,4-10,14H2,1-3H3/t19-,20-/m0/s1. The first kappa shape index (κ1) is 20.9. The average Bonchev–Trinajstić information content (AvgIpc) is 3.06. The van der Waals surface area contributed by atoms with Crippen LogP contribution in [0.5, 0.6) is 0 Å². The molecule has 0 radical (unpaired) electrons. The minimum atomic E-state index is -0.194. The number of amides is 1. The van der Waals surface area contributed by atoms with E-state index in [4.69, 9.17) is 4.74 Å². The van der Waals surface area contributed by atoms with Crippen LogP contribution < -0.4 is 0 Å². The van der Waals surface area contributed by atoms with Crippen LogP contribution in [-0.4, -0.2) is 99.4 Å². The second kappa shape index (κ2) is 9.20. The van der Waals surface area contributed by atoms with Gasteiger partial charge in [0.2, 0.25) is 0 Å². The predicted octanol–water partition coefficient (Wildman–Crippen LogP) is 0.738. The summed E-state index contributed by atoms with van der Waals surface area (Å²) in [5.41, 5.74) is 2.24. The second-order valence-corrected chi connectivity index (χ2v) is 8.28. The molecule has 2 atom stereocenters. The Bertz CT molecular complexity index is 871. The van der Waals surface area contributed by atoms with E-state index in [0.29, 0.717) is 24.4 Å². The van der Waals surface area contributed by atoms with E-state index >= 15 is 0 Å². The van der Waals surface area contributed by atoms with Gasteiger partial charge in [-0.3, -0.25) is 14.4 Å². The zero-order valence-corrected chi connectivity index (χ0v) is 18.1. The Morgan fingerprint density at radius 3 is 2.80 bits per heavy atom. The van der Waals surface area contributed by atoms with E-state index in [1.165, 1.54) is 6.33 Å². The lowest BCUT2D eigenvalue weighted by molar-refractivity contribution is -0.0724. The van der Waals surface area contributed by atoms with Crippen molar-refractivity contribution >= 4 is 5.91 Å². The summed E-state index contributed by atoms with van der Waals surface area (Å²) in [5.74, 6) is -0.0501. The maximum Gasteiger partial charge on any atom is 0.257 e. The molecule has 4 heterocycles. The van der Waals surface area contributed by atoms with E-state index in [1.807, 2.05) is 31.3 Å². The number of likely N-dealkylation sites (N-methyl/N-ethyl adjacent to an activating group) is 1. The van der Waals surface area contributed by atoms with E-state index in [2.05, 4.69) is 31.9 Å². The van der Waals surface area contributed by atoms with Gasteiger partial charge in [0.1, 0.15) is 6.33 Å². The van der Waals surface area contributed by atoms with Gasteiger partial charge in [-0.05, 0) is 33.5 Å². The molecule has 2 aromatic rings. The first-order valence-electron chi connectivity index (χ1n) is 10.6. The highest BCUT2D eigenvalue weighted by molar-refractivity contribution is 5.95. The molecular weight excluding hydrogens is 382 g/mol. The smallest absolute Gasteiger partial charge is 0.257 e. The van der Waals surface area contributed by atoms with Gasteiger partial charge in [-0.1, -0.05) is 0 Å². The largest absolute Gasteiger partial charge is 0.373 e. The number of ether oxygens (including phenoxy) is 1. The molecule has 4 rings (SSSR count). The third-order valence-corrected chi connectivity index (χ3v) is 6.07. The third-order valence-electron chi connectivity index (χ3n) is 6.07. The Balaban J connectivity index is 1.61. The van der Waals surface area contributed by atoms with E-state index in [0.717, 1.165) is 44.7 Å². The number of hydrogen-bond acceptors (Lipinski definition) is 7. The van der Waals surface area contributed by atoms with Gasteiger partial charge in [0.05, 0.1) is 36.2 Å². The number of morpholine rings is 1. The Hall–Kier alpha value is -2.36. The minimum Gasteiger partial charge on any atom is -0.373 e. The lowest BCUT2D eigenvalue weighted by Crippen LogP contribution is -2.52. The molecule has 1 amide bonds. The fourth-order valence-corrected chi connectivity index (χ4v) is 4.39. The first-order chi connectivity index (χ1) is 14.5. The highest BCUT2D eigenvalue weighted by Gasteiger charge is 2.39. The van der Waals surface area contributed by atoms with Gasteiger partial charge in [-0.25, -0.2) is 9.97 Å². The van der Waals surface area contributed by atoms with E-state index in [9.17, 15) is 4.79 Å². The Kier molecular flexibility index (Phi) is 6.40. The van der Waals surface area contributed by atoms with Gasteiger partial charge in [-0.2, -0.15) is 5.10 Å². The molecular formula is C21H31N7O2. The lowest BCUT2D eigenvalue weighted by atomic mass is 9.99. The van der Waals surface area contributed by atoms with Gasteiger partial charge in [0.15, 0.2) is 0 Å². The molecule has 0 unspecified atom stereocenters. The van der Waals surface area contributed by atoms with Crippen LogP contribution >= 0.6 is 0 Å². The summed E-state index contributed by atoms with van der Waals surface area (Å²) in [4.78, 5) is 28.5. The number of rotatable bonds is 4. The van der Waals surface area contributed by atoms with Gasteiger partial charge in [0.25, 0.3) is 5.91 Å². The molecule has 9 heteroatoms. The number of carbonyl (C=O) groups excluding carboxylic acids is 1. The van der Waals surface area contributed by atoms with Crippen molar-refractivity contribution in [3.63, 3.8) is 0 Å². The Morgan fingerprint density at radius 2 is 2.03 bits per heavy atom. The molecule has 2 saturated heterocycles. The summed E-state index contributed by atoms with van der Waals surface area (Å²) in [6.07, 6.45) is 7.95. The molecule has 9 nitrogen and oxygen atoms in total. The fourth-order valence-electron chi connectivity index (χ4n) is 4.39. The Labute approximate surface area is 177 Å². The second-order valence-electron chi connectivity index (χ2n) is 8.28. The number of hydrogen-bond donors (Lipinski definition) is 0. The molecule has 0 saturated carbocycles. The quantitative estimate of drug-likeness (QED) is 0.731. The van der Waals surface area contributed by atoms with Crippen molar-refractivity contribution < 1.29 is 9.53 Å². The van der Waals surface area contributed by atoms with E-state index < -0.39 is 0 Å². The van der Waals surface area contributed by atoms with Crippen LogP contribution in [0, 0.1) is 6.92 Å². The molecule has 2 aliphatic rings. The van der Waals surface area contributed by atoms with Crippen molar-refractivity contribution in [3.8, 4) is 0 Å². The van der Waals surface area contributed by atoms with Crippen molar-refractivity contribution in [3.05, 3.63) is 41.7 Å². The monoisotopic (exact) mass is 413 g/mol. The van der Waals surface area contributed by atoms with E-state index in [-0.39, 0.29) is 18.1 Å². The third kappa shape index (κ3) is 4.53. The molecule has 2 aromatic heterocycles. The first-order valence-corrected chi connectivity index (χ1v) is 10.6. The summed E-state index contributed by atoms with van der Waals surface area (Å²) >= 11 is 0.